The highest BCUT2D eigenvalue weighted by Gasteiger charge is 2.05. The zero-order valence-corrected chi connectivity index (χ0v) is 12.4. The van der Waals surface area contributed by atoms with Crippen molar-refractivity contribution in [1.82, 2.24) is 5.32 Å². The van der Waals surface area contributed by atoms with Crippen LogP contribution in [0.5, 0.6) is 0 Å². The van der Waals surface area contributed by atoms with Crippen molar-refractivity contribution in [3.05, 3.63) is 33.8 Å². The predicted octanol–water partition coefficient (Wildman–Crippen LogP) is 2.81. The molecule has 1 rings (SSSR count). The Hall–Kier alpha value is -0.480. The van der Waals surface area contributed by atoms with E-state index in [0.29, 0.717) is 23.0 Å². The Balaban J connectivity index is 0.00000289. The molecule has 0 fully saturated rings. The first-order valence-electron chi connectivity index (χ1n) is 5.45. The zero-order valence-electron chi connectivity index (χ0n) is 10.1. The van der Waals surface area contributed by atoms with E-state index in [1.54, 1.807) is 18.2 Å². The van der Waals surface area contributed by atoms with E-state index in [-0.39, 0.29) is 24.4 Å². The molecule has 0 bridgehead atoms. The topological polar surface area (TPSA) is 55.1 Å². The van der Waals surface area contributed by atoms with Crippen molar-refractivity contribution in [3.8, 4) is 0 Å². The first kappa shape index (κ1) is 17.5. The molecule has 0 spiro atoms. The summed E-state index contributed by atoms with van der Waals surface area (Å²) < 4.78 is 0. The number of nitrogens with two attached hydrogens (primary N) is 1. The van der Waals surface area contributed by atoms with Crippen LogP contribution in [0.15, 0.2) is 18.2 Å². The van der Waals surface area contributed by atoms with E-state index in [1.165, 1.54) is 0 Å². The number of benzene rings is 1. The minimum atomic E-state index is -0.0379. The Bertz CT molecular complexity index is 397. The van der Waals surface area contributed by atoms with Crippen molar-refractivity contribution < 1.29 is 4.79 Å². The van der Waals surface area contributed by atoms with Crippen molar-refractivity contribution in [2.75, 3.05) is 6.54 Å². The number of hydrogen-bond donors (Lipinski definition) is 2. The summed E-state index contributed by atoms with van der Waals surface area (Å²) in [5.74, 6) is -0.0379. The van der Waals surface area contributed by atoms with Crippen LogP contribution in [-0.4, -0.2) is 18.5 Å². The van der Waals surface area contributed by atoms with Gasteiger partial charge in [-0.2, -0.15) is 0 Å². The molecule has 18 heavy (non-hydrogen) atoms. The number of hydrogen-bond acceptors (Lipinski definition) is 2. The maximum Gasteiger partial charge on any atom is 0.224 e. The molecule has 102 valence electrons. The average Bonchev–Trinajstić information content (AvgIpc) is 2.23. The third-order valence-corrected chi connectivity index (χ3v) is 3.01. The summed E-state index contributed by atoms with van der Waals surface area (Å²) in [5.41, 5.74) is 6.43. The molecular formula is C12H17Cl3N2O. The van der Waals surface area contributed by atoms with Crippen LogP contribution in [0.25, 0.3) is 0 Å². The van der Waals surface area contributed by atoms with Gasteiger partial charge in [0.2, 0.25) is 5.91 Å². The number of nitrogens with one attached hydrogen (secondary N) is 1. The van der Waals surface area contributed by atoms with Gasteiger partial charge in [-0.15, -0.1) is 12.4 Å². The number of carbonyl (C=O) groups is 1. The molecule has 0 saturated carbocycles. The van der Waals surface area contributed by atoms with Gasteiger partial charge in [-0.25, -0.2) is 0 Å². The molecular weight excluding hydrogens is 295 g/mol. The van der Waals surface area contributed by atoms with Gasteiger partial charge in [-0.3, -0.25) is 4.79 Å². The van der Waals surface area contributed by atoms with E-state index in [9.17, 15) is 4.79 Å². The molecule has 0 aromatic heterocycles. The maximum atomic E-state index is 11.6. The fraction of sp³-hybridized carbons (Fsp3) is 0.417. The molecule has 1 aromatic carbocycles. The van der Waals surface area contributed by atoms with Crippen LogP contribution in [-0.2, 0) is 11.2 Å². The van der Waals surface area contributed by atoms with Crippen LogP contribution in [0.4, 0.5) is 0 Å². The van der Waals surface area contributed by atoms with E-state index in [4.69, 9.17) is 28.9 Å². The Morgan fingerprint density at radius 3 is 2.61 bits per heavy atom. The van der Waals surface area contributed by atoms with Gasteiger partial charge in [0.15, 0.2) is 0 Å². The lowest BCUT2D eigenvalue weighted by atomic mass is 10.1. The van der Waals surface area contributed by atoms with E-state index in [2.05, 4.69) is 5.32 Å². The summed E-state index contributed by atoms with van der Waals surface area (Å²) in [5, 5.41) is 3.76. The highest BCUT2D eigenvalue weighted by Crippen LogP contribution is 2.22. The van der Waals surface area contributed by atoms with Crippen molar-refractivity contribution in [3.63, 3.8) is 0 Å². The van der Waals surface area contributed by atoms with Gasteiger partial charge in [-0.1, -0.05) is 29.3 Å². The molecule has 0 heterocycles. The minimum absolute atomic E-state index is 0. The predicted molar refractivity (Wildman–Crippen MR) is 78.7 cm³/mol. The molecule has 0 radical (unpaired) electrons. The summed E-state index contributed by atoms with van der Waals surface area (Å²) in [6.45, 7) is 2.50. The minimum Gasteiger partial charge on any atom is -0.356 e. The molecule has 1 atom stereocenters. The standard InChI is InChI=1S/C12H16Cl2N2O.ClH/c1-8(15)4-5-16-12(17)7-9-2-3-10(13)11(14)6-9;/h2-3,6,8H,4-5,7,15H2,1H3,(H,16,17);1H. The smallest absolute Gasteiger partial charge is 0.224 e. The molecule has 6 heteroatoms. The van der Waals surface area contributed by atoms with Crippen molar-refractivity contribution >= 4 is 41.5 Å². The monoisotopic (exact) mass is 310 g/mol. The third kappa shape index (κ3) is 6.45. The molecule has 0 saturated heterocycles. The van der Waals surface area contributed by atoms with Gasteiger partial charge in [0.25, 0.3) is 0 Å². The van der Waals surface area contributed by atoms with Crippen LogP contribution in [0.3, 0.4) is 0 Å². The summed E-state index contributed by atoms with van der Waals surface area (Å²) in [6, 6.07) is 5.28. The lowest BCUT2D eigenvalue weighted by molar-refractivity contribution is -0.120. The van der Waals surface area contributed by atoms with Gasteiger partial charge in [0, 0.05) is 12.6 Å². The maximum absolute atomic E-state index is 11.6. The fourth-order valence-corrected chi connectivity index (χ4v) is 1.66. The van der Waals surface area contributed by atoms with Crippen molar-refractivity contribution in [1.29, 1.82) is 0 Å². The normalized spacial score (nSPS) is 11.6. The quantitative estimate of drug-likeness (QED) is 0.878. The largest absolute Gasteiger partial charge is 0.356 e. The van der Waals surface area contributed by atoms with Gasteiger partial charge in [0.1, 0.15) is 0 Å². The van der Waals surface area contributed by atoms with E-state index in [1.807, 2.05) is 6.92 Å². The van der Waals surface area contributed by atoms with Gasteiger partial charge >= 0.3 is 0 Å². The second-order valence-electron chi connectivity index (χ2n) is 4.04. The van der Waals surface area contributed by atoms with Crippen LogP contribution < -0.4 is 11.1 Å². The number of halogens is 3. The summed E-state index contributed by atoms with van der Waals surface area (Å²) in [7, 11) is 0. The van der Waals surface area contributed by atoms with Crippen LogP contribution >= 0.6 is 35.6 Å². The molecule has 0 aliphatic carbocycles. The number of amides is 1. The average molecular weight is 312 g/mol. The molecule has 0 aliphatic heterocycles. The molecule has 1 amide bonds. The first-order valence-corrected chi connectivity index (χ1v) is 6.21. The van der Waals surface area contributed by atoms with E-state index < -0.39 is 0 Å². The van der Waals surface area contributed by atoms with Crippen LogP contribution in [0.2, 0.25) is 10.0 Å². The lowest BCUT2D eigenvalue weighted by Gasteiger charge is -2.07. The van der Waals surface area contributed by atoms with E-state index in [0.717, 1.165) is 12.0 Å². The molecule has 3 nitrogen and oxygen atoms in total. The highest BCUT2D eigenvalue weighted by atomic mass is 35.5. The highest BCUT2D eigenvalue weighted by molar-refractivity contribution is 6.42. The van der Waals surface area contributed by atoms with Crippen LogP contribution in [0.1, 0.15) is 18.9 Å². The zero-order chi connectivity index (χ0) is 12.8. The Labute approximate surface area is 123 Å². The van der Waals surface area contributed by atoms with Crippen molar-refractivity contribution in [2.45, 2.75) is 25.8 Å². The summed E-state index contributed by atoms with van der Waals surface area (Å²) in [4.78, 5) is 11.6. The molecule has 3 N–H and O–H groups in total. The summed E-state index contributed by atoms with van der Waals surface area (Å²) in [6.07, 6.45) is 1.07. The van der Waals surface area contributed by atoms with Crippen LogP contribution in [0, 0.1) is 0 Å². The Morgan fingerprint density at radius 2 is 2.06 bits per heavy atom. The van der Waals surface area contributed by atoms with E-state index >= 15 is 0 Å². The van der Waals surface area contributed by atoms with Gasteiger partial charge in [0.05, 0.1) is 16.5 Å². The third-order valence-electron chi connectivity index (χ3n) is 2.27. The number of carbonyl (C=O) groups excluding carboxylic acids is 1. The fourth-order valence-electron chi connectivity index (χ4n) is 1.34. The second-order valence-corrected chi connectivity index (χ2v) is 4.86. The Morgan fingerprint density at radius 1 is 1.39 bits per heavy atom. The molecule has 1 aromatic rings. The number of rotatable bonds is 5. The van der Waals surface area contributed by atoms with Crippen molar-refractivity contribution in [2.24, 2.45) is 5.73 Å². The molecule has 0 aliphatic rings. The lowest BCUT2D eigenvalue weighted by Crippen LogP contribution is -2.29. The first-order chi connectivity index (χ1) is 7.99. The Kier molecular flexibility index (Phi) is 8.36. The van der Waals surface area contributed by atoms with Gasteiger partial charge in [-0.05, 0) is 31.0 Å². The summed E-state index contributed by atoms with van der Waals surface area (Å²) >= 11 is 11.7. The van der Waals surface area contributed by atoms with Gasteiger partial charge < -0.3 is 11.1 Å². The second kappa shape index (κ2) is 8.59. The SMILES string of the molecule is CC(N)CCNC(=O)Cc1ccc(Cl)c(Cl)c1.Cl. The molecule has 1 unspecified atom stereocenters.